The number of rotatable bonds is 5. The van der Waals surface area contributed by atoms with Crippen molar-refractivity contribution in [1.82, 2.24) is 4.98 Å². The number of phenolic OH excluding ortho intramolecular Hbond substituents is 1. The molecule has 2 heterocycles. The SMILES string of the molecule is COc1cc(/C=c2\s/c(=C\C(=O)c3ccco3)[nH]c2=O)cc([N+](=O)[O-])c1O. The molecular weight excluding hydrogens is 376 g/mol. The van der Waals surface area contributed by atoms with Crippen molar-refractivity contribution in [2.75, 3.05) is 7.11 Å². The molecule has 0 unspecified atom stereocenters. The number of H-pyrrole nitrogens is 1. The lowest BCUT2D eigenvalue weighted by Gasteiger charge is -2.04. The highest BCUT2D eigenvalue weighted by Gasteiger charge is 2.19. The van der Waals surface area contributed by atoms with Crippen LogP contribution in [-0.2, 0) is 0 Å². The normalized spacial score (nSPS) is 12.3. The first-order valence-corrected chi connectivity index (χ1v) is 8.26. The summed E-state index contributed by atoms with van der Waals surface area (Å²) >= 11 is 0.997. The fraction of sp³-hybridized carbons (Fsp3) is 0.0588. The van der Waals surface area contributed by atoms with Crippen LogP contribution in [0.3, 0.4) is 0 Å². The summed E-state index contributed by atoms with van der Waals surface area (Å²) in [4.78, 5) is 36.9. The van der Waals surface area contributed by atoms with Crippen molar-refractivity contribution >= 4 is 35.0 Å². The van der Waals surface area contributed by atoms with Crippen LogP contribution in [0.2, 0.25) is 0 Å². The van der Waals surface area contributed by atoms with E-state index in [4.69, 9.17) is 9.15 Å². The first-order chi connectivity index (χ1) is 12.9. The van der Waals surface area contributed by atoms with E-state index in [1.165, 1.54) is 37.7 Å². The van der Waals surface area contributed by atoms with Gasteiger partial charge in [-0.05, 0) is 29.8 Å². The zero-order chi connectivity index (χ0) is 19.6. The summed E-state index contributed by atoms with van der Waals surface area (Å²) in [6.07, 6.45) is 3.98. The van der Waals surface area contributed by atoms with Crippen molar-refractivity contribution in [2.45, 2.75) is 0 Å². The number of nitrogens with zero attached hydrogens (tertiary/aromatic N) is 1. The maximum Gasteiger partial charge on any atom is 0.315 e. The highest BCUT2D eigenvalue weighted by molar-refractivity contribution is 7.07. The third kappa shape index (κ3) is 3.80. The van der Waals surface area contributed by atoms with Gasteiger partial charge in [0.15, 0.2) is 11.5 Å². The van der Waals surface area contributed by atoms with Crippen molar-refractivity contribution in [1.29, 1.82) is 0 Å². The maximum absolute atomic E-state index is 12.1. The van der Waals surface area contributed by atoms with E-state index in [-0.39, 0.29) is 21.6 Å². The number of hydrogen-bond donors (Lipinski definition) is 2. The molecule has 2 N–H and O–H groups in total. The van der Waals surface area contributed by atoms with E-state index >= 15 is 0 Å². The number of Topliss-reactive ketones (excluding diaryl/α,β-unsaturated/α-hetero) is 1. The lowest BCUT2D eigenvalue weighted by molar-refractivity contribution is -0.386. The molecule has 27 heavy (non-hydrogen) atoms. The Bertz CT molecular complexity index is 1190. The molecule has 10 heteroatoms. The van der Waals surface area contributed by atoms with Crippen molar-refractivity contribution < 1.29 is 24.0 Å². The third-order valence-electron chi connectivity index (χ3n) is 3.50. The number of benzene rings is 1. The number of hydrogen-bond acceptors (Lipinski definition) is 8. The molecule has 0 amide bonds. The zero-order valence-electron chi connectivity index (χ0n) is 13.8. The summed E-state index contributed by atoms with van der Waals surface area (Å²) in [5, 5.41) is 20.9. The summed E-state index contributed by atoms with van der Waals surface area (Å²) in [5.74, 6) is -0.972. The number of methoxy groups -OCH3 is 1. The number of phenols is 1. The molecule has 0 atom stereocenters. The fourth-order valence-corrected chi connectivity index (χ4v) is 3.16. The molecule has 0 spiro atoms. The maximum atomic E-state index is 12.1. The van der Waals surface area contributed by atoms with Crippen LogP contribution in [0.4, 0.5) is 5.69 Å². The molecule has 0 saturated carbocycles. The molecule has 1 aromatic carbocycles. The molecule has 0 radical (unpaired) electrons. The second-order valence-electron chi connectivity index (χ2n) is 5.26. The predicted molar refractivity (Wildman–Crippen MR) is 96.6 cm³/mol. The number of carbonyl (C=O) groups is 1. The molecule has 0 aliphatic heterocycles. The molecule has 9 nitrogen and oxygen atoms in total. The van der Waals surface area contributed by atoms with Gasteiger partial charge in [-0.1, -0.05) is 0 Å². The highest BCUT2D eigenvalue weighted by Crippen LogP contribution is 2.36. The number of nitro benzene ring substituents is 1. The van der Waals surface area contributed by atoms with Crippen LogP contribution in [0, 0.1) is 10.1 Å². The Labute approximate surface area is 154 Å². The predicted octanol–water partition coefficient (Wildman–Crippen LogP) is 1.14. The van der Waals surface area contributed by atoms with Crippen molar-refractivity contribution in [3.8, 4) is 11.5 Å². The van der Waals surface area contributed by atoms with E-state index in [2.05, 4.69) is 4.98 Å². The number of carbonyl (C=O) groups excluding carboxylic acids is 1. The quantitative estimate of drug-likeness (QED) is 0.380. The molecule has 3 aromatic rings. The van der Waals surface area contributed by atoms with Gasteiger partial charge in [-0.15, -0.1) is 11.3 Å². The molecule has 0 bridgehead atoms. The molecule has 138 valence electrons. The first kappa shape index (κ1) is 18.1. The van der Waals surface area contributed by atoms with Gasteiger partial charge < -0.3 is 19.2 Å². The van der Waals surface area contributed by atoms with Crippen LogP contribution in [0.5, 0.6) is 11.5 Å². The molecule has 3 rings (SSSR count). The minimum atomic E-state index is -0.755. The van der Waals surface area contributed by atoms with Gasteiger partial charge in [0.1, 0.15) is 0 Å². The number of ether oxygens (including phenoxy) is 1. The van der Waals surface area contributed by atoms with Crippen molar-refractivity contribution in [3.63, 3.8) is 0 Å². The van der Waals surface area contributed by atoms with Gasteiger partial charge in [0.05, 0.1) is 27.5 Å². The van der Waals surface area contributed by atoms with E-state index in [0.29, 0.717) is 4.66 Å². The number of furan rings is 1. The topological polar surface area (TPSA) is 136 Å². The minimum absolute atomic E-state index is 0.0942. The van der Waals surface area contributed by atoms with Gasteiger partial charge in [-0.25, -0.2) is 0 Å². The number of ketones is 1. The van der Waals surface area contributed by atoms with Crippen LogP contribution in [0.15, 0.2) is 39.7 Å². The lowest BCUT2D eigenvalue weighted by Crippen LogP contribution is -2.20. The largest absolute Gasteiger partial charge is 0.500 e. The summed E-state index contributed by atoms with van der Waals surface area (Å²) in [5.41, 5.74) is -0.728. The lowest BCUT2D eigenvalue weighted by atomic mass is 10.1. The Morgan fingerprint density at radius 1 is 1.44 bits per heavy atom. The van der Waals surface area contributed by atoms with Gasteiger partial charge in [0.2, 0.25) is 11.5 Å². The minimum Gasteiger partial charge on any atom is -0.500 e. The average molecular weight is 388 g/mol. The molecule has 0 aliphatic carbocycles. The number of aromatic nitrogens is 1. The highest BCUT2D eigenvalue weighted by atomic mass is 32.1. The van der Waals surface area contributed by atoms with Crippen molar-refractivity contribution in [3.05, 3.63) is 71.5 Å². The van der Waals surface area contributed by atoms with Crippen LogP contribution in [0.1, 0.15) is 16.1 Å². The molecule has 0 saturated heterocycles. The second kappa shape index (κ2) is 7.30. The number of nitrogens with one attached hydrogen (secondary N) is 1. The molecule has 2 aromatic heterocycles. The Morgan fingerprint density at radius 2 is 2.22 bits per heavy atom. The summed E-state index contributed by atoms with van der Waals surface area (Å²) < 4.78 is 10.4. The van der Waals surface area contributed by atoms with Gasteiger partial charge in [0.25, 0.3) is 5.56 Å². The van der Waals surface area contributed by atoms with Crippen LogP contribution in [-0.4, -0.2) is 27.9 Å². The summed E-state index contributed by atoms with van der Waals surface area (Å²) in [7, 11) is 1.26. The van der Waals surface area contributed by atoms with Gasteiger partial charge in [-0.2, -0.15) is 0 Å². The van der Waals surface area contributed by atoms with Crippen LogP contribution in [0.25, 0.3) is 12.2 Å². The second-order valence-corrected chi connectivity index (χ2v) is 6.35. The molecule has 0 aliphatic rings. The van der Waals surface area contributed by atoms with E-state index in [1.54, 1.807) is 6.07 Å². The fourth-order valence-electron chi connectivity index (χ4n) is 2.28. The monoisotopic (exact) mass is 388 g/mol. The Hall–Kier alpha value is -3.66. The van der Waals surface area contributed by atoms with E-state index in [0.717, 1.165) is 17.4 Å². The number of aromatic hydroxyl groups is 1. The Kier molecular flexibility index (Phi) is 4.90. The van der Waals surface area contributed by atoms with Gasteiger partial charge >= 0.3 is 5.69 Å². The zero-order valence-corrected chi connectivity index (χ0v) is 14.6. The van der Waals surface area contributed by atoms with Gasteiger partial charge in [-0.3, -0.25) is 19.7 Å². The Balaban J connectivity index is 2.08. The average Bonchev–Trinajstić information content (AvgIpc) is 3.26. The molecule has 0 fully saturated rings. The third-order valence-corrected chi connectivity index (χ3v) is 4.46. The molecular formula is C17H12N2O7S. The van der Waals surface area contributed by atoms with E-state index in [1.807, 2.05) is 0 Å². The van der Waals surface area contributed by atoms with Gasteiger partial charge in [0, 0.05) is 12.1 Å². The van der Waals surface area contributed by atoms with Crippen molar-refractivity contribution in [2.24, 2.45) is 0 Å². The number of thiazole rings is 1. The van der Waals surface area contributed by atoms with Crippen LogP contribution >= 0.6 is 11.3 Å². The summed E-state index contributed by atoms with van der Waals surface area (Å²) in [6, 6.07) is 5.55. The van der Waals surface area contributed by atoms with E-state index < -0.39 is 27.7 Å². The number of aromatic amines is 1. The summed E-state index contributed by atoms with van der Waals surface area (Å²) in [6.45, 7) is 0. The standard InChI is InChI=1S/C17H12N2O7S/c1-25-13-6-9(5-10(16(13)21)19(23)24)7-14-17(22)18-15(27-14)8-11(20)12-3-2-4-26-12/h2-8,21H,1H3,(H,18,22)/b14-7-,15-8-. The smallest absolute Gasteiger partial charge is 0.315 e. The Morgan fingerprint density at radius 3 is 2.85 bits per heavy atom. The van der Waals surface area contributed by atoms with E-state index in [9.17, 15) is 24.8 Å². The first-order valence-electron chi connectivity index (χ1n) is 7.45. The number of nitro groups is 1. The van der Waals surface area contributed by atoms with Crippen LogP contribution < -0.4 is 19.5 Å².